The number of benzene rings is 4. The first kappa shape index (κ1) is 32.9. The highest BCUT2D eigenvalue weighted by molar-refractivity contribution is 5.80. The Kier molecular flexibility index (Phi) is 11.2. The van der Waals surface area contributed by atoms with Gasteiger partial charge in [0.25, 0.3) is 0 Å². The normalized spacial score (nSPS) is 11.2. The van der Waals surface area contributed by atoms with Crippen molar-refractivity contribution in [2.45, 2.75) is 38.5 Å². The summed E-state index contributed by atoms with van der Waals surface area (Å²) < 4.78 is 0. The molecule has 0 unspecified atom stereocenters. The van der Waals surface area contributed by atoms with Crippen LogP contribution >= 0.6 is 0 Å². The van der Waals surface area contributed by atoms with Gasteiger partial charge in [-0.05, 0) is 61.1 Å². The van der Waals surface area contributed by atoms with Crippen LogP contribution < -0.4 is 0 Å². The lowest BCUT2D eigenvalue weighted by Crippen LogP contribution is -2.04. The number of nitrogens with zero attached hydrogens (tertiary/aromatic N) is 4. The van der Waals surface area contributed by atoms with Gasteiger partial charge in [0.05, 0.1) is 30.8 Å². The van der Waals surface area contributed by atoms with Crippen LogP contribution in [0.3, 0.4) is 0 Å². The van der Waals surface area contributed by atoms with Gasteiger partial charge in [-0.15, -0.1) is 0 Å². The molecule has 0 saturated carbocycles. The summed E-state index contributed by atoms with van der Waals surface area (Å²) in [5, 5.41) is 47.7. The summed E-state index contributed by atoms with van der Waals surface area (Å²) >= 11 is 0. The molecule has 0 amide bonds. The Morgan fingerprint density at radius 3 is 1.09 bits per heavy atom. The fourth-order valence-electron chi connectivity index (χ4n) is 5.22. The monoisotopic (exact) mass is 622 g/mol. The standard InChI is InChI=1S/C34H30N4O8/c39-35(40)31-27(21-23-29(33(31)37(43)44)19-17-25-11-5-3-6-12-25)15-9-1-2-10-16-28-22-24-30(20-18-26-13-7-4-8-14-26)34(38(45)46)32(28)36(41)42/h3-8,11-14,17-24H,1-2,9-10,15-16H2/b19-17+,20-18+. The minimum Gasteiger partial charge on any atom is -0.258 e. The molecule has 12 nitrogen and oxygen atoms in total. The van der Waals surface area contributed by atoms with Crippen molar-refractivity contribution in [3.8, 4) is 0 Å². The lowest BCUT2D eigenvalue weighted by Gasteiger charge is -2.07. The highest BCUT2D eigenvalue weighted by Gasteiger charge is 2.32. The van der Waals surface area contributed by atoms with Crippen LogP contribution in [0.1, 0.15) is 59.1 Å². The third-order valence-corrected chi connectivity index (χ3v) is 7.41. The molecule has 0 aliphatic rings. The van der Waals surface area contributed by atoms with Crippen LogP contribution in [-0.4, -0.2) is 19.7 Å². The van der Waals surface area contributed by atoms with Crippen molar-refractivity contribution >= 4 is 47.1 Å². The quantitative estimate of drug-likeness (QED) is 0.0546. The zero-order valence-electron chi connectivity index (χ0n) is 24.7. The molecule has 0 aliphatic heterocycles. The maximum absolute atomic E-state index is 11.9. The van der Waals surface area contributed by atoms with E-state index in [0.29, 0.717) is 25.7 Å². The Morgan fingerprint density at radius 2 is 0.761 bits per heavy atom. The Balaban J connectivity index is 1.42. The Hall–Kier alpha value is -6.04. The average molecular weight is 623 g/mol. The number of aryl methyl sites for hydroxylation is 2. The van der Waals surface area contributed by atoms with E-state index in [-0.39, 0.29) is 35.1 Å². The molecule has 46 heavy (non-hydrogen) atoms. The summed E-state index contributed by atoms with van der Waals surface area (Å²) in [6.07, 6.45) is 8.90. The highest BCUT2D eigenvalue weighted by Crippen LogP contribution is 2.38. The molecule has 0 N–H and O–H groups in total. The molecular weight excluding hydrogens is 592 g/mol. The summed E-state index contributed by atoms with van der Waals surface area (Å²) in [6, 6.07) is 24.2. The molecule has 234 valence electrons. The third kappa shape index (κ3) is 8.32. The van der Waals surface area contributed by atoms with Crippen LogP contribution in [0.15, 0.2) is 84.9 Å². The van der Waals surface area contributed by atoms with Crippen molar-refractivity contribution < 1.29 is 19.7 Å². The second kappa shape index (κ2) is 15.6. The van der Waals surface area contributed by atoms with Crippen molar-refractivity contribution in [2.24, 2.45) is 0 Å². The van der Waals surface area contributed by atoms with E-state index in [1.165, 1.54) is 36.4 Å². The number of nitro groups is 4. The molecule has 0 saturated heterocycles. The smallest absolute Gasteiger partial charge is 0.258 e. The molecule has 0 fully saturated rings. The van der Waals surface area contributed by atoms with Crippen LogP contribution in [0, 0.1) is 40.5 Å². The maximum atomic E-state index is 11.9. The molecule has 0 bridgehead atoms. The Bertz CT molecular complexity index is 1670. The summed E-state index contributed by atoms with van der Waals surface area (Å²) in [6.45, 7) is 0. The van der Waals surface area contributed by atoms with Crippen molar-refractivity contribution in [1.82, 2.24) is 0 Å². The minimum atomic E-state index is -0.735. The van der Waals surface area contributed by atoms with Crippen LogP contribution in [0.4, 0.5) is 22.7 Å². The summed E-state index contributed by atoms with van der Waals surface area (Å²) in [5.41, 5.74) is 0.130. The van der Waals surface area contributed by atoms with E-state index in [9.17, 15) is 40.5 Å². The van der Waals surface area contributed by atoms with E-state index < -0.39 is 42.4 Å². The van der Waals surface area contributed by atoms with Crippen molar-refractivity contribution in [1.29, 1.82) is 0 Å². The zero-order chi connectivity index (χ0) is 33.1. The molecule has 4 aromatic carbocycles. The second-order valence-electron chi connectivity index (χ2n) is 10.5. The largest absolute Gasteiger partial charge is 0.353 e. The topological polar surface area (TPSA) is 173 Å². The van der Waals surface area contributed by atoms with E-state index in [1.54, 1.807) is 12.2 Å². The van der Waals surface area contributed by atoms with Crippen molar-refractivity contribution in [3.05, 3.63) is 159 Å². The molecule has 0 spiro atoms. The van der Waals surface area contributed by atoms with E-state index in [0.717, 1.165) is 11.1 Å². The summed E-state index contributed by atoms with van der Waals surface area (Å²) in [7, 11) is 0. The van der Waals surface area contributed by atoms with Gasteiger partial charge in [-0.2, -0.15) is 0 Å². The molecule has 0 heterocycles. The van der Waals surface area contributed by atoms with Crippen LogP contribution in [0.2, 0.25) is 0 Å². The van der Waals surface area contributed by atoms with Gasteiger partial charge in [-0.25, -0.2) is 0 Å². The number of rotatable bonds is 15. The number of nitro benzene ring substituents is 4. The predicted octanol–water partition coefficient (Wildman–Crippen LogP) is 9.01. The average Bonchev–Trinajstić information content (AvgIpc) is 3.04. The van der Waals surface area contributed by atoms with Crippen LogP contribution in [-0.2, 0) is 12.8 Å². The Labute approximate surface area is 263 Å². The zero-order valence-corrected chi connectivity index (χ0v) is 24.7. The van der Waals surface area contributed by atoms with Gasteiger partial charge in [-0.1, -0.05) is 97.8 Å². The molecule has 4 rings (SSSR count). The lowest BCUT2D eigenvalue weighted by atomic mass is 9.98. The van der Waals surface area contributed by atoms with Gasteiger partial charge in [0.2, 0.25) is 0 Å². The van der Waals surface area contributed by atoms with Gasteiger partial charge >= 0.3 is 22.7 Å². The minimum absolute atomic E-state index is 0.126. The first-order valence-electron chi connectivity index (χ1n) is 14.5. The van der Waals surface area contributed by atoms with Crippen LogP contribution in [0.25, 0.3) is 24.3 Å². The number of unbranched alkanes of at least 4 members (excludes halogenated alkanes) is 3. The number of hydrogen-bond acceptors (Lipinski definition) is 8. The molecule has 0 aromatic heterocycles. The molecule has 0 atom stereocenters. The maximum Gasteiger partial charge on any atom is 0.353 e. The van der Waals surface area contributed by atoms with Gasteiger partial charge < -0.3 is 0 Å². The van der Waals surface area contributed by atoms with Gasteiger partial charge in [0.15, 0.2) is 0 Å². The van der Waals surface area contributed by atoms with Gasteiger partial charge in [-0.3, -0.25) is 40.5 Å². The summed E-state index contributed by atoms with van der Waals surface area (Å²) in [5.74, 6) is 0. The lowest BCUT2D eigenvalue weighted by molar-refractivity contribution is -0.423. The van der Waals surface area contributed by atoms with Gasteiger partial charge in [0, 0.05) is 11.1 Å². The summed E-state index contributed by atoms with van der Waals surface area (Å²) in [4.78, 5) is 44.7. The fraction of sp³-hybridized carbons (Fsp3) is 0.176. The molecule has 12 heteroatoms. The molecular formula is C34H30N4O8. The predicted molar refractivity (Wildman–Crippen MR) is 176 cm³/mol. The molecule has 0 radical (unpaired) electrons. The fourth-order valence-corrected chi connectivity index (χ4v) is 5.22. The van der Waals surface area contributed by atoms with Gasteiger partial charge in [0.1, 0.15) is 0 Å². The van der Waals surface area contributed by atoms with E-state index in [1.807, 2.05) is 60.7 Å². The van der Waals surface area contributed by atoms with E-state index in [2.05, 4.69) is 0 Å². The first-order chi connectivity index (χ1) is 22.2. The van der Waals surface area contributed by atoms with E-state index >= 15 is 0 Å². The number of hydrogen-bond donors (Lipinski definition) is 0. The highest BCUT2D eigenvalue weighted by atomic mass is 16.6. The van der Waals surface area contributed by atoms with Crippen molar-refractivity contribution in [3.63, 3.8) is 0 Å². The van der Waals surface area contributed by atoms with Crippen LogP contribution in [0.5, 0.6) is 0 Å². The molecule has 0 aliphatic carbocycles. The van der Waals surface area contributed by atoms with Crippen molar-refractivity contribution in [2.75, 3.05) is 0 Å². The first-order valence-corrected chi connectivity index (χ1v) is 14.5. The third-order valence-electron chi connectivity index (χ3n) is 7.41. The van der Waals surface area contributed by atoms with E-state index in [4.69, 9.17) is 0 Å². The second-order valence-corrected chi connectivity index (χ2v) is 10.5. The molecule has 4 aromatic rings. The Morgan fingerprint density at radius 1 is 0.413 bits per heavy atom. The SMILES string of the molecule is O=[N+]([O-])c1c(/C=C/c2ccccc2)ccc(CCCCCCc2ccc(/C=C/c3ccccc3)c([N+](=O)[O-])c2[N+](=O)[O-])c1[N+](=O)[O-].